The molecule has 2 aromatic carbocycles. The van der Waals surface area contributed by atoms with Gasteiger partial charge in [-0.15, -0.1) is 0 Å². The van der Waals surface area contributed by atoms with Gasteiger partial charge in [0.15, 0.2) is 6.23 Å². The Labute approximate surface area is 150 Å². The maximum atomic E-state index is 10.9. The Balaban J connectivity index is 1.66. The summed E-state index contributed by atoms with van der Waals surface area (Å²) in [6, 6.07) is 10.0. The molecule has 0 aliphatic carbocycles. The number of fused-ring (bicyclic) bond motifs is 1. The number of hydrogen-bond donors (Lipinski definition) is 0. The van der Waals surface area contributed by atoms with Crippen LogP contribution in [0.5, 0.6) is 11.5 Å². The van der Waals surface area contributed by atoms with Gasteiger partial charge in [0.05, 0.1) is 22.7 Å². The number of nitrogens with zero attached hydrogens (tertiary/aromatic N) is 3. The maximum absolute atomic E-state index is 10.9. The number of nitro groups is 1. The Bertz CT molecular complexity index is 961. The quantitative estimate of drug-likeness (QED) is 0.500. The van der Waals surface area contributed by atoms with Crippen LogP contribution in [0.1, 0.15) is 31.1 Å². The van der Waals surface area contributed by atoms with Crippen LogP contribution >= 0.6 is 0 Å². The highest BCUT2D eigenvalue weighted by molar-refractivity contribution is 5.84. The van der Waals surface area contributed by atoms with Crippen molar-refractivity contribution in [2.75, 3.05) is 6.61 Å². The van der Waals surface area contributed by atoms with E-state index in [0.29, 0.717) is 11.5 Å². The molecular weight excluding hydrogens is 334 g/mol. The third-order valence-corrected chi connectivity index (χ3v) is 4.68. The first kappa shape index (κ1) is 16.5. The monoisotopic (exact) mass is 353 g/mol. The van der Waals surface area contributed by atoms with Crippen LogP contribution in [0, 0.1) is 17.0 Å². The molecule has 1 fully saturated rings. The number of benzene rings is 2. The molecule has 1 saturated heterocycles. The Hall–Kier alpha value is -2.93. The molecule has 1 unspecified atom stereocenters. The van der Waals surface area contributed by atoms with Crippen LogP contribution in [0.3, 0.4) is 0 Å². The first-order valence-electron chi connectivity index (χ1n) is 8.64. The molecule has 134 valence electrons. The summed E-state index contributed by atoms with van der Waals surface area (Å²) in [7, 11) is 0. The molecule has 1 atom stereocenters. The van der Waals surface area contributed by atoms with Gasteiger partial charge in [-0.3, -0.25) is 10.1 Å². The molecule has 4 rings (SSSR count). The van der Waals surface area contributed by atoms with Crippen molar-refractivity contribution in [3.63, 3.8) is 0 Å². The van der Waals surface area contributed by atoms with Crippen LogP contribution in [0.25, 0.3) is 10.9 Å². The van der Waals surface area contributed by atoms with Gasteiger partial charge in [-0.1, -0.05) is 6.07 Å². The van der Waals surface area contributed by atoms with Crippen molar-refractivity contribution in [3.8, 4) is 11.5 Å². The summed E-state index contributed by atoms with van der Waals surface area (Å²) in [6.45, 7) is 2.72. The third kappa shape index (κ3) is 3.01. The van der Waals surface area contributed by atoms with E-state index in [1.54, 1.807) is 12.1 Å². The topological polar surface area (TPSA) is 79.4 Å². The number of ether oxygens (including phenoxy) is 2. The van der Waals surface area contributed by atoms with Crippen molar-refractivity contribution in [3.05, 3.63) is 58.3 Å². The van der Waals surface area contributed by atoms with Gasteiger partial charge in [0, 0.05) is 23.6 Å². The molecule has 0 spiro atoms. The van der Waals surface area contributed by atoms with E-state index in [1.807, 2.05) is 29.9 Å². The molecule has 2 heterocycles. The molecule has 3 aromatic rings. The molecule has 1 aromatic heterocycles. The van der Waals surface area contributed by atoms with Gasteiger partial charge in [-0.2, -0.15) is 5.10 Å². The predicted octanol–water partition coefficient (Wildman–Crippen LogP) is 4.74. The number of aryl methyl sites for hydroxylation is 1. The van der Waals surface area contributed by atoms with Crippen LogP contribution in [0.2, 0.25) is 0 Å². The second-order valence-corrected chi connectivity index (χ2v) is 6.39. The fourth-order valence-electron chi connectivity index (χ4n) is 3.28. The van der Waals surface area contributed by atoms with E-state index in [4.69, 9.17) is 9.47 Å². The molecule has 0 bridgehead atoms. The van der Waals surface area contributed by atoms with Crippen LogP contribution in [-0.4, -0.2) is 21.3 Å². The first-order chi connectivity index (χ1) is 12.6. The molecule has 0 N–H and O–H groups in total. The normalized spacial score (nSPS) is 17.3. The lowest BCUT2D eigenvalue weighted by Crippen LogP contribution is -2.18. The van der Waals surface area contributed by atoms with Crippen molar-refractivity contribution in [2.45, 2.75) is 32.4 Å². The zero-order valence-corrected chi connectivity index (χ0v) is 14.4. The SMILES string of the molecule is Cc1c(Oc2cccc([N+](=O)[O-])c2)ccc2c1cnn2C1CCCCO1. The lowest BCUT2D eigenvalue weighted by Gasteiger charge is -2.23. The highest BCUT2D eigenvalue weighted by Crippen LogP contribution is 2.34. The summed E-state index contributed by atoms with van der Waals surface area (Å²) >= 11 is 0. The summed E-state index contributed by atoms with van der Waals surface area (Å²) in [4.78, 5) is 10.5. The predicted molar refractivity (Wildman–Crippen MR) is 96.5 cm³/mol. The largest absolute Gasteiger partial charge is 0.457 e. The van der Waals surface area contributed by atoms with Crippen molar-refractivity contribution in [2.24, 2.45) is 0 Å². The summed E-state index contributed by atoms with van der Waals surface area (Å²) in [6.07, 6.45) is 4.99. The average Bonchev–Trinajstić information content (AvgIpc) is 3.10. The Kier molecular flexibility index (Phi) is 4.30. The number of nitro benzene ring substituents is 1. The average molecular weight is 353 g/mol. The lowest BCUT2D eigenvalue weighted by molar-refractivity contribution is -0.384. The molecular formula is C19H19N3O4. The first-order valence-corrected chi connectivity index (χ1v) is 8.64. The maximum Gasteiger partial charge on any atom is 0.273 e. The molecule has 1 aliphatic rings. The van der Waals surface area contributed by atoms with Crippen LogP contribution < -0.4 is 4.74 Å². The fraction of sp³-hybridized carbons (Fsp3) is 0.316. The number of hydrogen-bond acceptors (Lipinski definition) is 5. The summed E-state index contributed by atoms with van der Waals surface area (Å²) in [5.74, 6) is 1.09. The second-order valence-electron chi connectivity index (χ2n) is 6.39. The van der Waals surface area contributed by atoms with Crippen molar-refractivity contribution >= 4 is 16.6 Å². The van der Waals surface area contributed by atoms with Gasteiger partial charge in [-0.25, -0.2) is 4.68 Å². The molecule has 0 radical (unpaired) electrons. The van der Waals surface area contributed by atoms with Gasteiger partial charge in [0.25, 0.3) is 5.69 Å². The zero-order chi connectivity index (χ0) is 18.1. The zero-order valence-electron chi connectivity index (χ0n) is 14.4. The van der Waals surface area contributed by atoms with Gasteiger partial charge < -0.3 is 9.47 Å². The summed E-state index contributed by atoms with van der Waals surface area (Å²) < 4.78 is 13.7. The van der Waals surface area contributed by atoms with Crippen molar-refractivity contribution < 1.29 is 14.4 Å². The van der Waals surface area contributed by atoms with E-state index in [9.17, 15) is 10.1 Å². The lowest BCUT2D eigenvalue weighted by atomic mass is 10.1. The minimum atomic E-state index is -0.433. The van der Waals surface area contributed by atoms with Gasteiger partial charge >= 0.3 is 0 Å². The second kappa shape index (κ2) is 6.76. The van der Waals surface area contributed by atoms with Gasteiger partial charge in [0.2, 0.25) is 0 Å². The number of non-ortho nitro benzene ring substituents is 1. The van der Waals surface area contributed by atoms with Crippen molar-refractivity contribution in [1.82, 2.24) is 9.78 Å². The van der Waals surface area contributed by atoms with E-state index in [-0.39, 0.29) is 11.9 Å². The van der Waals surface area contributed by atoms with E-state index < -0.39 is 4.92 Å². The van der Waals surface area contributed by atoms with Crippen LogP contribution in [-0.2, 0) is 4.74 Å². The molecule has 1 aliphatic heterocycles. The Morgan fingerprint density at radius 2 is 2.19 bits per heavy atom. The van der Waals surface area contributed by atoms with Crippen LogP contribution in [0.15, 0.2) is 42.6 Å². The summed E-state index contributed by atoms with van der Waals surface area (Å²) in [5, 5.41) is 16.4. The van der Waals surface area contributed by atoms with E-state index in [2.05, 4.69) is 5.10 Å². The highest BCUT2D eigenvalue weighted by Gasteiger charge is 2.20. The van der Waals surface area contributed by atoms with E-state index in [1.165, 1.54) is 12.1 Å². The Morgan fingerprint density at radius 1 is 1.31 bits per heavy atom. The number of rotatable bonds is 4. The highest BCUT2D eigenvalue weighted by atomic mass is 16.6. The molecule has 7 heteroatoms. The molecule has 0 saturated carbocycles. The summed E-state index contributed by atoms with van der Waals surface area (Å²) in [5.41, 5.74) is 1.94. The Morgan fingerprint density at radius 3 is 2.96 bits per heavy atom. The van der Waals surface area contributed by atoms with Gasteiger partial charge in [0.1, 0.15) is 11.5 Å². The minimum Gasteiger partial charge on any atom is -0.457 e. The van der Waals surface area contributed by atoms with E-state index in [0.717, 1.165) is 42.3 Å². The van der Waals surface area contributed by atoms with Gasteiger partial charge in [-0.05, 0) is 44.4 Å². The number of aromatic nitrogens is 2. The molecule has 26 heavy (non-hydrogen) atoms. The third-order valence-electron chi connectivity index (χ3n) is 4.68. The smallest absolute Gasteiger partial charge is 0.273 e. The minimum absolute atomic E-state index is 0.00324. The molecule has 0 amide bonds. The van der Waals surface area contributed by atoms with E-state index >= 15 is 0 Å². The fourth-order valence-corrected chi connectivity index (χ4v) is 3.28. The molecule has 7 nitrogen and oxygen atoms in total. The van der Waals surface area contributed by atoms with Crippen molar-refractivity contribution in [1.29, 1.82) is 0 Å². The van der Waals surface area contributed by atoms with Crippen LogP contribution in [0.4, 0.5) is 5.69 Å². The standard InChI is InChI=1S/C19H19N3O4/c1-13-16-12-20-21(19-7-2-3-10-25-19)17(16)8-9-18(13)26-15-6-4-5-14(11-15)22(23)24/h4-6,8-9,11-12,19H,2-3,7,10H2,1H3.